The van der Waals surface area contributed by atoms with Crippen molar-refractivity contribution in [3.8, 4) is 22.6 Å². The number of aromatic nitrogens is 2. The third kappa shape index (κ3) is 8.06. The van der Waals surface area contributed by atoms with Crippen LogP contribution in [0.2, 0.25) is 0 Å². The van der Waals surface area contributed by atoms with Crippen molar-refractivity contribution in [3.05, 3.63) is 107 Å². The van der Waals surface area contributed by atoms with E-state index >= 15 is 0 Å². The van der Waals surface area contributed by atoms with Crippen LogP contribution in [0.25, 0.3) is 11.1 Å². The molecule has 1 saturated heterocycles. The van der Waals surface area contributed by atoms with E-state index in [1.807, 2.05) is 13.8 Å². The van der Waals surface area contributed by atoms with E-state index < -0.39 is 0 Å². The molecule has 0 N–H and O–H groups in total. The normalized spacial score (nSPS) is 15.2. The summed E-state index contributed by atoms with van der Waals surface area (Å²) in [4.78, 5) is 11.2. The van der Waals surface area contributed by atoms with E-state index in [9.17, 15) is 0 Å². The van der Waals surface area contributed by atoms with Crippen LogP contribution in [0.3, 0.4) is 0 Å². The monoisotopic (exact) mass is 593 g/mol. The van der Waals surface area contributed by atoms with Crippen molar-refractivity contribution in [2.75, 3.05) is 6.54 Å². The maximum atomic E-state index is 6.62. The molecule has 6 rings (SSSR count). The number of fused-ring (bicyclic) bond motifs is 1. The Hall–Kier alpha value is -3.70. The zero-order valence-corrected chi connectivity index (χ0v) is 27.7. The fourth-order valence-corrected chi connectivity index (χ4v) is 6.07. The second kappa shape index (κ2) is 17.0. The van der Waals surface area contributed by atoms with Gasteiger partial charge in [0.05, 0.1) is 11.9 Å². The zero-order valence-electron chi connectivity index (χ0n) is 27.7. The van der Waals surface area contributed by atoms with Gasteiger partial charge in [-0.3, -0.25) is 14.9 Å². The van der Waals surface area contributed by atoms with Crippen molar-refractivity contribution in [1.82, 2.24) is 14.9 Å². The molecule has 0 saturated carbocycles. The van der Waals surface area contributed by atoms with Crippen LogP contribution in [0.5, 0.6) is 11.5 Å². The largest absolute Gasteiger partial charge is 0.488 e. The maximum Gasteiger partial charge on any atom is 0.132 e. The van der Waals surface area contributed by atoms with Crippen LogP contribution in [0, 0.1) is 6.92 Å². The molecule has 2 heterocycles. The SMILES string of the molecule is CC.CCC.CCC1CCN1Cc1c(OCc2cnccn2)cc(OCc2cccc(-c3ccccc3)c2C)c2c1CCC2. The fraction of sp³-hybridized carbons (Fsp3) is 0.436. The molecule has 5 heteroatoms. The van der Waals surface area contributed by atoms with Gasteiger partial charge >= 0.3 is 0 Å². The second-order valence-corrected chi connectivity index (χ2v) is 11.4. The van der Waals surface area contributed by atoms with Crippen molar-refractivity contribution in [1.29, 1.82) is 0 Å². The number of benzene rings is 3. The summed E-state index contributed by atoms with van der Waals surface area (Å²) in [5.74, 6) is 1.88. The number of hydrogen-bond acceptors (Lipinski definition) is 5. The molecule has 5 nitrogen and oxygen atoms in total. The van der Waals surface area contributed by atoms with Crippen molar-refractivity contribution >= 4 is 0 Å². The summed E-state index contributed by atoms with van der Waals surface area (Å²) in [7, 11) is 0. The Kier molecular flexibility index (Phi) is 12.8. The molecule has 3 aromatic carbocycles. The maximum absolute atomic E-state index is 6.62. The van der Waals surface area contributed by atoms with E-state index in [0.29, 0.717) is 19.3 Å². The van der Waals surface area contributed by atoms with Crippen LogP contribution < -0.4 is 9.47 Å². The average molecular weight is 594 g/mol. The molecule has 1 atom stereocenters. The second-order valence-electron chi connectivity index (χ2n) is 11.4. The van der Waals surface area contributed by atoms with Crippen LogP contribution in [0.4, 0.5) is 0 Å². The van der Waals surface area contributed by atoms with Gasteiger partial charge in [-0.15, -0.1) is 0 Å². The highest BCUT2D eigenvalue weighted by Crippen LogP contribution is 2.41. The average Bonchev–Trinajstić information content (AvgIpc) is 3.55. The summed E-state index contributed by atoms with van der Waals surface area (Å²) in [5, 5.41) is 0. The lowest BCUT2D eigenvalue weighted by molar-refractivity contribution is 0.0774. The Morgan fingerprint density at radius 3 is 2.30 bits per heavy atom. The molecule has 0 amide bonds. The fourth-order valence-electron chi connectivity index (χ4n) is 6.07. The van der Waals surface area contributed by atoms with E-state index in [2.05, 4.69) is 97.2 Å². The van der Waals surface area contributed by atoms with Crippen molar-refractivity contribution in [2.24, 2.45) is 0 Å². The molecule has 0 radical (unpaired) electrons. The Bertz CT molecular complexity index is 1440. The van der Waals surface area contributed by atoms with Crippen molar-refractivity contribution in [2.45, 2.75) is 106 Å². The molecule has 1 aliphatic carbocycles. The van der Waals surface area contributed by atoms with Crippen LogP contribution in [-0.2, 0) is 32.6 Å². The molecule has 0 bridgehead atoms. The number of hydrogen-bond donors (Lipinski definition) is 0. The van der Waals surface area contributed by atoms with Gasteiger partial charge < -0.3 is 9.47 Å². The Balaban J connectivity index is 0.000000834. The minimum atomic E-state index is 0.397. The molecule has 234 valence electrons. The van der Waals surface area contributed by atoms with E-state index in [1.165, 1.54) is 58.2 Å². The highest BCUT2D eigenvalue weighted by molar-refractivity contribution is 5.68. The molecule has 1 fully saturated rings. The molecule has 1 unspecified atom stereocenters. The number of ether oxygens (including phenoxy) is 2. The van der Waals surface area contributed by atoms with E-state index in [0.717, 1.165) is 49.5 Å². The number of likely N-dealkylation sites (tertiary alicyclic amines) is 1. The summed E-state index contributed by atoms with van der Waals surface area (Å²) < 4.78 is 13.1. The van der Waals surface area contributed by atoms with E-state index in [-0.39, 0.29) is 0 Å². The lowest BCUT2D eigenvalue weighted by atomic mass is 9.95. The third-order valence-electron chi connectivity index (χ3n) is 8.44. The predicted molar refractivity (Wildman–Crippen MR) is 182 cm³/mol. The zero-order chi connectivity index (χ0) is 31.3. The van der Waals surface area contributed by atoms with E-state index in [1.54, 1.807) is 18.6 Å². The first-order valence-electron chi connectivity index (χ1n) is 16.7. The summed E-state index contributed by atoms with van der Waals surface area (Å²) in [6.07, 6.45) is 12.2. The molecule has 44 heavy (non-hydrogen) atoms. The standard InChI is InChI=1S/C34H37N3O2.C3H8.C2H6/c1-3-28-15-18-37(28)21-32-30-13-8-14-31(30)33(19-34(32)39-23-27-20-35-16-17-36-27)38-22-26-11-7-12-29(24(26)2)25-9-5-4-6-10-25;1-3-2;1-2/h4-7,9-12,16-17,19-20,28H,3,8,13-15,18,21-23H2,1-2H3;3H2,1-2H3;1-2H3. The lowest BCUT2D eigenvalue weighted by Gasteiger charge is -2.41. The molecule has 1 aliphatic heterocycles. The summed E-state index contributed by atoms with van der Waals surface area (Å²) in [6, 6.07) is 19.9. The summed E-state index contributed by atoms with van der Waals surface area (Å²) >= 11 is 0. The number of nitrogens with zero attached hydrogens (tertiary/aromatic N) is 3. The van der Waals surface area contributed by atoms with Gasteiger partial charge in [0.15, 0.2) is 0 Å². The number of rotatable bonds is 10. The van der Waals surface area contributed by atoms with Gasteiger partial charge in [-0.25, -0.2) is 0 Å². The van der Waals surface area contributed by atoms with Gasteiger partial charge in [-0.2, -0.15) is 0 Å². The third-order valence-corrected chi connectivity index (χ3v) is 8.44. The Morgan fingerprint density at radius 1 is 0.864 bits per heavy atom. The topological polar surface area (TPSA) is 47.5 Å². The van der Waals surface area contributed by atoms with Gasteiger partial charge in [0.25, 0.3) is 0 Å². The van der Waals surface area contributed by atoms with Crippen LogP contribution in [0.1, 0.15) is 93.8 Å². The highest BCUT2D eigenvalue weighted by Gasteiger charge is 2.30. The molecule has 4 aromatic rings. The minimum absolute atomic E-state index is 0.397. The van der Waals surface area contributed by atoms with Crippen molar-refractivity contribution in [3.63, 3.8) is 0 Å². The molecule has 0 spiro atoms. The first-order chi connectivity index (χ1) is 21.6. The first-order valence-corrected chi connectivity index (χ1v) is 16.7. The molecular formula is C39H51N3O2. The van der Waals surface area contributed by atoms with Gasteiger partial charge in [-0.1, -0.05) is 89.6 Å². The quantitative estimate of drug-likeness (QED) is 0.183. The van der Waals surface area contributed by atoms with Gasteiger partial charge in [0, 0.05) is 43.2 Å². The van der Waals surface area contributed by atoms with Crippen LogP contribution in [-0.4, -0.2) is 27.5 Å². The van der Waals surface area contributed by atoms with Crippen LogP contribution >= 0.6 is 0 Å². The van der Waals surface area contributed by atoms with Crippen LogP contribution in [0.15, 0.2) is 73.2 Å². The summed E-state index contributed by atoms with van der Waals surface area (Å²) in [6.45, 7) is 15.8. The molecule has 2 aliphatic rings. The van der Waals surface area contributed by atoms with Gasteiger partial charge in [-0.05, 0) is 72.4 Å². The van der Waals surface area contributed by atoms with Gasteiger partial charge in [0.1, 0.15) is 24.7 Å². The predicted octanol–water partition coefficient (Wildman–Crippen LogP) is 9.53. The smallest absolute Gasteiger partial charge is 0.132 e. The van der Waals surface area contributed by atoms with E-state index in [4.69, 9.17) is 9.47 Å². The highest BCUT2D eigenvalue weighted by atomic mass is 16.5. The Morgan fingerprint density at radius 2 is 1.61 bits per heavy atom. The lowest BCUT2D eigenvalue weighted by Crippen LogP contribution is -2.46. The molecular weight excluding hydrogens is 542 g/mol. The minimum Gasteiger partial charge on any atom is -0.488 e. The molecule has 1 aromatic heterocycles. The summed E-state index contributed by atoms with van der Waals surface area (Å²) in [5.41, 5.74) is 9.92. The van der Waals surface area contributed by atoms with Gasteiger partial charge in [0.2, 0.25) is 0 Å². The Labute approximate surface area is 265 Å². The first kappa shape index (κ1) is 33.2. The van der Waals surface area contributed by atoms with Crippen molar-refractivity contribution < 1.29 is 9.47 Å².